The van der Waals surface area contributed by atoms with Crippen LogP contribution in [0.5, 0.6) is 5.75 Å². The molecule has 1 saturated heterocycles. The average molecular weight is 506 g/mol. The van der Waals surface area contributed by atoms with E-state index in [0.717, 1.165) is 32.4 Å². The molecule has 0 spiro atoms. The van der Waals surface area contributed by atoms with Crippen molar-refractivity contribution in [3.8, 4) is 5.75 Å². The number of thioether (sulfide) groups is 1. The molecule has 0 aromatic heterocycles. The van der Waals surface area contributed by atoms with Crippen molar-refractivity contribution in [2.75, 3.05) is 17.3 Å². The minimum Gasteiger partial charge on any atom is -0.492 e. The molecule has 2 aromatic rings. The van der Waals surface area contributed by atoms with Crippen LogP contribution in [0, 0.1) is 0 Å². The van der Waals surface area contributed by atoms with Crippen LogP contribution >= 0.6 is 55.2 Å². The van der Waals surface area contributed by atoms with E-state index >= 15 is 0 Å². The first kappa shape index (κ1) is 19.1. The highest BCUT2D eigenvalue weighted by molar-refractivity contribution is 9.11. The van der Waals surface area contributed by atoms with Gasteiger partial charge in [0.2, 0.25) is 5.91 Å². The van der Waals surface area contributed by atoms with Gasteiger partial charge in [0.1, 0.15) is 11.1 Å². The van der Waals surface area contributed by atoms with Gasteiger partial charge in [-0.25, -0.2) is 0 Å². The number of hydrogen-bond donors (Lipinski definition) is 0. The van der Waals surface area contributed by atoms with Crippen LogP contribution in [0.25, 0.3) is 0 Å². The first-order valence-electron chi connectivity index (χ1n) is 7.82. The molecule has 3 nitrogen and oxygen atoms in total. The van der Waals surface area contributed by atoms with Crippen LogP contribution in [0.15, 0.2) is 45.3 Å². The summed E-state index contributed by atoms with van der Waals surface area (Å²) >= 11 is 14.7. The largest absolute Gasteiger partial charge is 0.492 e. The minimum absolute atomic E-state index is 0.0786. The first-order chi connectivity index (χ1) is 12.0. The van der Waals surface area contributed by atoms with Crippen LogP contribution < -0.4 is 9.64 Å². The van der Waals surface area contributed by atoms with E-state index in [1.165, 1.54) is 0 Å². The van der Waals surface area contributed by atoms with E-state index in [9.17, 15) is 4.79 Å². The Balaban J connectivity index is 2.04. The number of rotatable bonds is 5. The lowest BCUT2D eigenvalue weighted by atomic mass is 10.1. The number of anilines is 1. The summed E-state index contributed by atoms with van der Waals surface area (Å²) in [4.78, 5) is 14.4. The molecule has 0 unspecified atom stereocenters. The second kappa shape index (κ2) is 8.33. The molecule has 25 heavy (non-hydrogen) atoms. The first-order valence-corrected chi connectivity index (χ1v) is 10.8. The Kier molecular flexibility index (Phi) is 6.36. The Bertz CT molecular complexity index is 785. The van der Waals surface area contributed by atoms with Crippen molar-refractivity contribution in [1.82, 2.24) is 0 Å². The molecule has 1 heterocycles. The Morgan fingerprint density at radius 1 is 1.28 bits per heavy atom. The predicted octanol–water partition coefficient (Wildman–Crippen LogP) is 6.43. The molecule has 1 aliphatic rings. The number of ether oxygens (including phenoxy) is 1. The molecule has 3 rings (SSSR count). The van der Waals surface area contributed by atoms with Crippen LogP contribution in [0.2, 0.25) is 5.02 Å². The van der Waals surface area contributed by atoms with Crippen molar-refractivity contribution < 1.29 is 9.53 Å². The standard InChI is InChI=1S/C18H16Br2ClNO2S/c1-2-7-24-17-14(8-11(19)9-15(17)20)18-22(16(23)10-25-18)13-5-3-12(21)4-6-13/h3-6,8-9,18H,2,7,10H2,1H3/t18-/m0/s1. The smallest absolute Gasteiger partial charge is 0.238 e. The highest BCUT2D eigenvalue weighted by Crippen LogP contribution is 2.47. The number of amides is 1. The molecule has 7 heteroatoms. The summed E-state index contributed by atoms with van der Waals surface area (Å²) in [5, 5.41) is 0.506. The lowest BCUT2D eigenvalue weighted by Crippen LogP contribution is -2.28. The number of nitrogens with zero attached hydrogens (tertiary/aromatic N) is 1. The predicted molar refractivity (Wildman–Crippen MR) is 112 cm³/mol. The molecule has 132 valence electrons. The maximum absolute atomic E-state index is 12.5. The monoisotopic (exact) mass is 503 g/mol. The van der Waals surface area contributed by atoms with Gasteiger partial charge in [-0.15, -0.1) is 11.8 Å². The van der Waals surface area contributed by atoms with Crippen LogP contribution in [-0.2, 0) is 4.79 Å². The van der Waals surface area contributed by atoms with Gasteiger partial charge in [-0.3, -0.25) is 9.69 Å². The third-order valence-electron chi connectivity index (χ3n) is 3.73. The lowest BCUT2D eigenvalue weighted by Gasteiger charge is -2.26. The van der Waals surface area contributed by atoms with E-state index in [4.69, 9.17) is 16.3 Å². The van der Waals surface area contributed by atoms with Gasteiger partial charge in [-0.2, -0.15) is 0 Å². The number of hydrogen-bond acceptors (Lipinski definition) is 3. The fourth-order valence-corrected chi connectivity index (χ4v) is 5.34. The van der Waals surface area contributed by atoms with Crippen molar-refractivity contribution >= 4 is 66.8 Å². The zero-order chi connectivity index (χ0) is 18.0. The average Bonchev–Trinajstić information content (AvgIpc) is 2.96. The molecule has 0 saturated carbocycles. The quantitative estimate of drug-likeness (QED) is 0.469. The maximum atomic E-state index is 12.5. The maximum Gasteiger partial charge on any atom is 0.238 e. The number of carbonyl (C=O) groups excluding carboxylic acids is 1. The third-order valence-corrected chi connectivity index (χ3v) is 6.22. The van der Waals surface area contributed by atoms with Crippen molar-refractivity contribution in [3.63, 3.8) is 0 Å². The second-order valence-electron chi connectivity index (χ2n) is 5.56. The molecule has 1 amide bonds. The van der Waals surface area contributed by atoms with Crippen molar-refractivity contribution in [2.24, 2.45) is 0 Å². The molecule has 0 bridgehead atoms. The molecule has 1 aliphatic heterocycles. The number of halogens is 3. The van der Waals surface area contributed by atoms with Gasteiger partial charge >= 0.3 is 0 Å². The van der Waals surface area contributed by atoms with Gasteiger partial charge in [-0.1, -0.05) is 34.5 Å². The Hall–Kier alpha value is -0.690. The van der Waals surface area contributed by atoms with Crippen LogP contribution in [0.4, 0.5) is 5.69 Å². The van der Waals surface area contributed by atoms with Gasteiger partial charge in [-0.05, 0) is 58.7 Å². The van der Waals surface area contributed by atoms with E-state index < -0.39 is 0 Å². The van der Waals surface area contributed by atoms with Crippen molar-refractivity contribution in [2.45, 2.75) is 18.7 Å². The summed E-state index contributed by atoms with van der Waals surface area (Å²) in [5.41, 5.74) is 1.81. The normalized spacial score (nSPS) is 17.2. The molecular weight excluding hydrogens is 490 g/mol. The van der Waals surface area contributed by atoms with Crippen molar-refractivity contribution in [3.05, 3.63) is 55.9 Å². The van der Waals surface area contributed by atoms with Gasteiger partial charge in [0.25, 0.3) is 0 Å². The zero-order valence-corrected chi connectivity index (χ0v) is 18.2. The van der Waals surface area contributed by atoms with E-state index in [0.29, 0.717) is 17.4 Å². The van der Waals surface area contributed by atoms with Crippen LogP contribution in [-0.4, -0.2) is 18.3 Å². The fourth-order valence-electron chi connectivity index (χ4n) is 2.66. The summed E-state index contributed by atoms with van der Waals surface area (Å²) in [6.07, 6.45) is 0.916. The van der Waals surface area contributed by atoms with E-state index in [1.807, 2.05) is 29.2 Å². The van der Waals surface area contributed by atoms with E-state index in [-0.39, 0.29) is 11.3 Å². The Labute approximate surface area is 173 Å². The molecule has 0 N–H and O–H groups in total. The van der Waals surface area contributed by atoms with Gasteiger partial charge < -0.3 is 4.74 Å². The van der Waals surface area contributed by atoms with E-state index in [1.54, 1.807) is 23.9 Å². The zero-order valence-electron chi connectivity index (χ0n) is 13.5. The summed E-state index contributed by atoms with van der Waals surface area (Å²) in [6.45, 7) is 2.69. The summed E-state index contributed by atoms with van der Waals surface area (Å²) in [5.74, 6) is 1.30. The molecule has 0 aliphatic carbocycles. The SMILES string of the molecule is CCCOc1c(Br)cc(Br)cc1[C@@H]1SCC(=O)N1c1ccc(Cl)cc1. The second-order valence-corrected chi connectivity index (χ2v) is 8.83. The highest BCUT2D eigenvalue weighted by Gasteiger charge is 2.36. The van der Waals surface area contributed by atoms with Crippen LogP contribution in [0.3, 0.4) is 0 Å². The van der Waals surface area contributed by atoms with Gasteiger partial charge in [0.15, 0.2) is 0 Å². The van der Waals surface area contributed by atoms with E-state index in [2.05, 4.69) is 38.8 Å². The topological polar surface area (TPSA) is 29.5 Å². The molecule has 1 atom stereocenters. The minimum atomic E-state index is -0.144. The van der Waals surface area contributed by atoms with Crippen molar-refractivity contribution in [1.29, 1.82) is 0 Å². The Morgan fingerprint density at radius 3 is 2.68 bits per heavy atom. The number of benzene rings is 2. The van der Waals surface area contributed by atoms with Crippen LogP contribution in [0.1, 0.15) is 24.3 Å². The third kappa shape index (κ3) is 4.18. The molecule has 1 fully saturated rings. The van der Waals surface area contributed by atoms with Gasteiger partial charge in [0, 0.05) is 20.7 Å². The lowest BCUT2D eigenvalue weighted by molar-refractivity contribution is -0.115. The molecule has 0 radical (unpaired) electrons. The summed E-state index contributed by atoms with van der Waals surface area (Å²) in [6, 6.07) is 11.3. The van der Waals surface area contributed by atoms with Gasteiger partial charge in [0.05, 0.1) is 16.8 Å². The highest BCUT2D eigenvalue weighted by atomic mass is 79.9. The summed E-state index contributed by atoms with van der Waals surface area (Å²) in [7, 11) is 0. The molecule has 2 aromatic carbocycles. The molecular formula is C18H16Br2ClNO2S. The Morgan fingerprint density at radius 2 is 2.00 bits per heavy atom. The fraction of sp³-hybridized carbons (Fsp3) is 0.278. The summed E-state index contributed by atoms with van der Waals surface area (Å²) < 4.78 is 7.80. The number of carbonyl (C=O) groups is 1.